The van der Waals surface area contributed by atoms with Crippen LogP contribution in [0.5, 0.6) is 0 Å². The lowest BCUT2D eigenvalue weighted by Crippen LogP contribution is -2.13. The van der Waals surface area contributed by atoms with Crippen molar-refractivity contribution in [1.82, 2.24) is 0 Å². The normalized spacial score (nSPS) is 15.3. The second kappa shape index (κ2) is 6.22. The third kappa shape index (κ3) is 4.33. The van der Waals surface area contributed by atoms with Crippen molar-refractivity contribution in [1.29, 1.82) is 0 Å². The Morgan fingerprint density at radius 1 is 1.28 bits per heavy atom. The van der Waals surface area contributed by atoms with Crippen molar-refractivity contribution in [2.75, 3.05) is 5.75 Å². The number of hydrogen-bond acceptors (Lipinski definition) is 2. The first-order valence-electron chi connectivity index (χ1n) is 5.44. The molecule has 0 aliphatic carbocycles. The van der Waals surface area contributed by atoms with Gasteiger partial charge in [-0.2, -0.15) is 13.2 Å². The van der Waals surface area contributed by atoms with Crippen LogP contribution in [0.15, 0.2) is 34.8 Å². The first-order chi connectivity index (χ1) is 8.10. The average molecular weight is 282 g/mol. The summed E-state index contributed by atoms with van der Waals surface area (Å²) in [7, 11) is -3.68. The molecular weight excluding hydrogens is 265 g/mol. The number of alkyl halides is 3. The van der Waals surface area contributed by atoms with Crippen molar-refractivity contribution >= 4 is 9.84 Å². The fraction of sp³-hybridized carbons (Fsp3) is 0.500. The molecule has 18 heavy (non-hydrogen) atoms. The van der Waals surface area contributed by atoms with E-state index in [0.717, 1.165) is 0 Å². The van der Waals surface area contributed by atoms with E-state index in [9.17, 15) is 21.6 Å². The van der Waals surface area contributed by atoms with E-state index in [0.29, 0.717) is 24.1 Å². The molecule has 0 aromatic rings. The summed E-state index contributed by atoms with van der Waals surface area (Å²) in [5.41, 5.74) is -0.650. The van der Waals surface area contributed by atoms with Crippen molar-refractivity contribution in [3.63, 3.8) is 0 Å². The Bertz CT molecular complexity index is 468. The van der Waals surface area contributed by atoms with Gasteiger partial charge in [-0.25, -0.2) is 8.42 Å². The van der Waals surface area contributed by atoms with Crippen LogP contribution in [-0.4, -0.2) is 20.3 Å². The van der Waals surface area contributed by atoms with Gasteiger partial charge in [0.2, 0.25) is 0 Å². The van der Waals surface area contributed by atoms with Crippen LogP contribution in [0.2, 0.25) is 0 Å². The van der Waals surface area contributed by atoms with Gasteiger partial charge in [-0.1, -0.05) is 32.1 Å². The molecule has 0 aliphatic heterocycles. The highest BCUT2D eigenvalue weighted by molar-refractivity contribution is 7.95. The van der Waals surface area contributed by atoms with E-state index < -0.39 is 21.6 Å². The highest BCUT2D eigenvalue weighted by Crippen LogP contribution is 2.29. The quantitative estimate of drug-likeness (QED) is 0.719. The lowest BCUT2D eigenvalue weighted by Gasteiger charge is -2.11. The van der Waals surface area contributed by atoms with Gasteiger partial charge in [-0.15, -0.1) is 0 Å². The summed E-state index contributed by atoms with van der Waals surface area (Å²) in [5.74, 6) is -0.238. The first kappa shape index (κ1) is 17.0. The van der Waals surface area contributed by atoms with Crippen LogP contribution in [0, 0.1) is 0 Å². The molecule has 0 N–H and O–H groups in total. The van der Waals surface area contributed by atoms with E-state index in [2.05, 4.69) is 6.58 Å². The Morgan fingerprint density at radius 2 is 1.78 bits per heavy atom. The predicted molar refractivity (Wildman–Crippen MR) is 66.8 cm³/mol. The number of rotatable bonds is 5. The Labute approximate surface area is 106 Å². The van der Waals surface area contributed by atoms with Gasteiger partial charge >= 0.3 is 6.18 Å². The first-order valence-corrected chi connectivity index (χ1v) is 7.09. The molecule has 6 heteroatoms. The molecule has 2 nitrogen and oxygen atoms in total. The Hall–Kier alpha value is -1.04. The Balaban J connectivity index is 5.98. The summed E-state index contributed by atoms with van der Waals surface area (Å²) in [6, 6.07) is 0. The summed E-state index contributed by atoms with van der Waals surface area (Å²) < 4.78 is 61.3. The summed E-state index contributed by atoms with van der Waals surface area (Å²) >= 11 is 0. The molecule has 104 valence electrons. The minimum absolute atomic E-state index is 0.238. The topological polar surface area (TPSA) is 34.1 Å². The maximum atomic E-state index is 12.6. The fourth-order valence-electron chi connectivity index (χ4n) is 1.21. The zero-order valence-corrected chi connectivity index (χ0v) is 11.5. The smallest absolute Gasteiger partial charge is 0.224 e. The number of halogens is 3. The molecule has 0 saturated heterocycles. The Morgan fingerprint density at radius 3 is 2.06 bits per heavy atom. The van der Waals surface area contributed by atoms with E-state index in [1.54, 1.807) is 6.92 Å². The molecular formula is C12H17F3O2S. The monoisotopic (exact) mass is 282 g/mol. The molecule has 0 aromatic heterocycles. The number of sulfone groups is 1. The molecule has 0 rings (SSSR count). The van der Waals surface area contributed by atoms with Crippen LogP contribution in [0.25, 0.3) is 0 Å². The lowest BCUT2D eigenvalue weighted by molar-refractivity contribution is -0.0881. The van der Waals surface area contributed by atoms with Gasteiger partial charge in [-0.3, -0.25) is 0 Å². The summed E-state index contributed by atoms with van der Waals surface area (Å²) in [6.45, 7) is 7.66. The standard InChI is InChI=1S/C12H17F3O2S/c1-5-9(4)11(18(16,17)7-3)8-10(6-2)12(13,14)15/h6,8H,2,5,7H2,1,3-4H3/b10-8+,11-9-. The van der Waals surface area contributed by atoms with E-state index in [1.165, 1.54) is 13.8 Å². The highest BCUT2D eigenvalue weighted by atomic mass is 32.2. The largest absolute Gasteiger partial charge is 0.416 e. The summed E-state index contributed by atoms with van der Waals surface area (Å²) in [4.78, 5) is -0.264. The van der Waals surface area contributed by atoms with E-state index in [-0.39, 0.29) is 10.7 Å². The molecule has 0 bridgehead atoms. The Kier molecular flexibility index (Phi) is 5.86. The minimum atomic E-state index is -4.61. The molecule has 0 spiro atoms. The number of hydrogen-bond donors (Lipinski definition) is 0. The zero-order valence-electron chi connectivity index (χ0n) is 10.6. The predicted octanol–water partition coefficient (Wildman–Crippen LogP) is 3.78. The molecule has 0 atom stereocenters. The van der Waals surface area contributed by atoms with Crippen LogP contribution in [0.1, 0.15) is 27.2 Å². The van der Waals surface area contributed by atoms with Gasteiger partial charge in [0.25, 0.3) is 0 Å². The van der Waals surface area contributed by atoms with Crippen LogP contribution in [0.3, 0.4) is 0 Å². The molecule has 0 aromatic carbocycles. The van der Waals surface area contributed by atoms with E-state index in [1.807, 2.05) is 0 Å². The fourth-order valence-corrected chi connectivity index (χ4v) is 2.50. The lowest BCUT2D eigenvalue weighted by atomic mass is 10.1. The second-order valence-electron chi connectivity index (χ2n) is 3.70. The van der Waals surface area contributed by atoms with Crippen molar-refractivity contribution in [2.24, 2.45) is 0 Å². The summed E-state index contributed by atoms with van der Waals surface area (Å²) in [5, 5.41) is 0. The van der Waals surface area contributed by atoms with Crippen molar-refractivity contribution < 1.29 is 21.6 Å². The van der Waals surface area contributed by atoms with Gasteiger partial charge in [0.15, 0.2) is 9.84 Å². The summed E-state index contributed by atoms with van der Waals surface area (Å²) in [6.07, 6.45) is -2.96. The van der Waals surface area contributed by atoms with Crippen LogP contribution in [-0.2, 0) is 9.84 Å². The number of allylic oxidation sites excluding steroid dienone is 4. The second-order valence-corrected chi connectivity index (χ2v) is 5.95. The van der Waals surface area contributed by atoms with Crippen LogP contribution < -0.4 is 0 Å². The molecule has 0 aliphatic rings. The molecule has 0 saturated carbocycles. The van der Waals surface area contributed by atoms with Crippen molar-refractivity contribution in [3.05, 3.63) is 34.8 Å². The van der Waals surface area contributed by atoms with E-state index >= 15 is 0 Å². The zero-order chi connectivity index (χ0) is 14.6. The van der Waals surface area contributed by atoms with Gasteiger partial charge in [0.05, 0.1) is 16.2 Å². The minimum Gasteiger partial charge on any atom is -0.224 e. The molecule has 0 amide bonds. The van der Waals surface area contributed by atoms with Crippen LogP contribution >= 0.6 is 0 Å². The van der Waals surface area contributed by atoms with Crippen molar-refractivity contribution in [3.8, 4) is 0 Å². The molecule has 0 radical (unpaired) electrons. The third-order valence-electron chi connectivity index (χ3n) is 2.50. The van der Waals surface area contributed by atoms with Gasteiger partial charge in [-0.05, 0) is 19.4 Å². The highest BCUT2D eigenvalue weighted by Gasteiger charge is 2.32. The van der Waals surface area contributed by atoms with Crippen molar-refractivity contribution in [2.45, 2.75) is 33.4 Å². The molecule has 0 fully saturated rings. The molecule has 0 unspecified atom stereocenters. The maximum absolute atomic E-state index is 12.6. The molecule has 0 heterocycles. The van der Waals surface area contributed by atoms with Gasteiger partial charge < -0.3 is 0 Å². The van der Waals surface area contributed by atoms with Gasteiger partial charge in [0, 0.05) is 0 Å². The van der Waals surface area contributed by atoms with Crippen LogP contribution in [0.4, 0.5) is 13.2 Å². The average Bonchev–Trinajstić information content (AvgIpc) is 2.27. The SMILES string of the molecule is C=C/C(=C\C(=C(/C)CC)S(=O)(=O)CC)C(F)(F)F. The van der Waals surface area contributed by atoms with Gasteiger partial charge in [0.1, 0.15) is 0 Å². The van der Waals surface area contributed by atoms with E-state index in [4.69, 9.17) is 0 Å². The maximum Gasteiger partial charge on any atom is 0.416 e. The third-order valence-corrected chi connectivity index (χ3v) is 4.40.